The molecule has 0 saturated heterocycles. The first-order chi connectivity index (χ1) is 19.6. The molecule has 0 heterocycles. The van der Waals surface area contributed by atoms with Crippen molar-refractivity contribution in [3.8, 4) is 0 Å². The van der Waals surface area contributed by atoms with Crippen molar-refractivity contribution >= 4 is 11.8 Å². The van der Waals surface area contributed by atoms with Gasteiger partial charge in [-0.2, -0.15) is 0 Å². The van der Waals surface area contributed by atoms with Gasteiger partial charge in [-0.1, -0.05) is 156 Å². The maximum atomic E-state index is 13.5. The average molecular weight is 566 g/mol. The van der Waals surface area contributed by atoms with Gasteiger partial charge in [0.05, 0.1) is 6.04 Å². The number of hydrogen-bond acceptors (Lipinski definition) is 3. The topological polar surface area (TPSA) is 75.4 Å². The first-order valence-electron chi connectivity index (χ1n) is 17.9. The molecule has 5 nitrogen and oxygen atoms in total. The number of amides is 2. The van der Waals surface area contributed by atoms with Crippen LogP contribution < -0.4 is 11.1 Å². The summed E-state index contributed by atoms with van der Waals surface area (Å²) >= 11 is 0. The third-order valence-corrected chi connectivity index (χ3v) is 8.27. The molecule has 3 N–H and O–H groups in total. The van der Waals surface area contributed by atoms with Crippen LogP contribution in [0.5, 0.6) is 0 Å². The Bertz CT molecular complexity index is 543. The van der Waals surface area contributed by atoms with E-state index in [4.69, 9.17) is 5.73 Å². The van der Waals surface area contributed by atoms with Crippen molar-refractivity contribution in [1.82, 2.24) is 10.2 Å². The van der Waals surface area contributed by atoms with Crippen molar-refractivity contribution in [3.63, 3.8) is 0 Å². The minimum atomic E-state index is -0.320. The molecule has 0 bridgehead atoms. The largest absolute Gasteiger partial charge is 0.370 e. The Kier molecular flexibility index (Phi) is 30.0. The first kappa shape index (κ1) is 38.9. The quantitative estimate of drug-likeness (QED) is 0.0797. The van der Waals surface area contributed by atoms with Crippen LogP contribution >= 0.6 is 0 Å². The SMILES string of the molecule is CCCCCCCCCCCCCCCCCCN[C@@H](CCC(N)=O)C(=O)N(CCCCCC)CCCCCC. The molecule has 0 aliphatic heterocycles. The number of nitrogens with zero attached hydrogens (tertiary/aromatic N) is 1. The lowest BCUT2D eigenvalue weighted by Crippen LogP contribution is -2.48. The van der Waals surface area contributed by atoms with Crippen molar-refractivity contribution in [3.05, 3.63) is 0 Å². The summed E-state index contributed by atoms with van der Waals surface area (Å²) in [6.07, 6.45) is 31.9. The molecule has 0 fully saturated rings. The van der Waals surface area contributed by atoms with E-state index in [0.717, 1.165) is 38.9 Å². The van der Waals surface area contributed by atoms with Gasteiger partial charge in [0.2, 0.25) is 11.8 Å². The second-order valence-corrected chi connectivity index (χ2v) is 12.3. The van der Waals surface area contributed by atoms with Crippen LogP contribution in [-0.4, -0.2) is 42.4 Å². The van der Waals surface area contributed by atoms with Crippen LogP contribution in [0.25, 0.3) is 0 Å². The zero-order valence-corrected chi connectivity index (χ0v) is 27.4. The van der Waals surface area contributed by atoms with Crippen molar-refractivity contribution < 1.29 is 9.59 Å². The van der Waals surface area contributed by atoms with E-state index in [1.54, 1.807) is 0 Å². The molecule has 0 rings (SSSR count). The molecule has 0 aliphatic carbocycles. The van der Waals surface area contributed by atoms with Crippen LogP contribution in [-0.2, 0) is 9.59 Å². The Labute approximate surface area is 250 Å². The third kappa shape index (κ3) is 25.8. The Morgan fingerprint density at radius 1 is 0.550 bits per heavy atom. The molecular formula is C35H71N3O2. The highest BCUT2D eigenvalue weighted by Gasteiger charge is 2.24. The minimum absolute atomic E-state index is 0.172. The Hall–Kier alpha value is -1.10. The van der Waals surface area contributed by atoms with Crippen LogP contribution in [0, 0.1) is 0 Å². The molecule has 0 aromatic heterocycles. The highest BCUT2D eigenvalue weighted by molar-refractivity contribution is 5.83. The molecule has 0 saturated carbocycles. The summed E-state index contributed by atoms with van der Waals surface area (Å²) in [6.45, 7) is 9.23. The fraction of sp³-hybridized carbons (Fsp3) is 0.943. The number of unbranched alkanes of at least 4 members (excludes halogenated alkanes) is 21. The molecular weight excluding hydrogens is 494 g/mol. The predicted molar refractivity (Wildman–Crippen MR) is 175 cm³/mol. The fourth-order valence-corrected chi connectivity index (χ4v) is 5.56. The number of nitrogens with one attached hydrogen (secondary N) is 1. The van der Waals surface area contributed by atoms with Crippen LogP contribution in [0.3, 0.4) is 0 Å². The van der Waals surface area contributed by atoms with Gasteiger partial charge >= 0.3 is 0 Å². The number of carbonyl (C=O) groups excluding carboxylic acids is 2. The Morgan fingerprint density at radius 2 is 0.900 bits per heavy atom. The predicted octanol–water partition coefficient (Wildman–Crippen LogP) is 9.46. The number of nitrogens with two attached hydrogens (primary N) is 1. The lowest BCUT2D eigenvalue weighted by atomic mass is 10.0. The summed E-state index contributed by atoms with van der Waals surface area (Å²) in [4.78, 5) is 27.1. The molecule has 2 amide bonds. The first-order valence-corrected chi connectivity index (χ1v) is 17.9. The van der Waals surface area contributed by atoms with Crippen LogP contribution in [0.2, 0.25) is 0 Å². The summed E-state index contributed by atoms with van der Waals surface area (Å²) in [5, 5.41) is 3.51. The van der Waals surface area contributed by atoms with Gasteiger partial charge in [0, 0.05) is 19.5 Å². The minimum Gasteiger partial charge on any atom is -0.370 e. The average Bonchev–Trinajstić information content (AvgIpc) is 2.95. The van der Waals surface area contributed by atoms with Gasteiger partial charge in [-0.15, -0.1) is 0 Å². The van der Waals surface area contributed by atoms with Gasteiger partial charge in [-0.3, -0.25) is 9.59 Å². The van der Waals surface area contributed by atoms with Gasteiger partial charge in [-0.25, -0.2) is 0 Å². The Balaban J connectivity index is 4.17. The second kappa shape index (κ2) is 30.8. The number of primary amides is 1. The Morgan fingerprint density at radius 3 is 1.27 bits per heavy atom. The standard InChI is InChI=1S/C35H71N3O2/c1-4-7-10-13-14-15-16-17-18-19-20-21-22-23-24-25-30-37-33(28-29-34(36)39)35(40)38(31-26-11-8-5-2)32-27-12-9-6-3/h33,37H,4-32H2,1-3H3,(H2,36,39)/t33-/m0/s1. The van der Waals surface area contributed by atoms with Crippen LogP contribution in [0.4, 0.5) is 0 Å². The van der Waals surface area contributed by atoms with Crippen LogP contribution in [0.1, 0.15) is 188 Å². The molecule has 1 atom stereocenters. The molecule has 40 heavy (non-hydrogen) atoms. The summed E-state index contributed by atoms with van der Waals surface area (Å²) < 4.78 is 0. The van der Waals surface area contributed by atoms with E-state index in [9.17, 15) is 9.59 Å². The van der Waals surface area contributed by atoms with E-state index in [2.05, 4.69) is 31.0 Å². The number of carbonyl (C=O) groups is 2. The molecule has 238 valence electrons. The van der Waals surface area contributed by atoms with E-state index in [1.807, 2.05) is 0 Å². The van der Waals surface area contributed by atoms with Crippen molar-refractivity contribution in [1.29, 1.82) is 0 Å². The van der Waals surface area contributed by atoms with Gasteiger partial charge in [-0.05, 0) is 32.2 Å². The normalized spacial score (nSPS) is 12.1. The lowest BCUT2D eigenvalue weighted by molar-refractivity contribution is -0.134. The smallest absolute Gasteiger partial charge is 0.239 e. The van der Waals surface area contributed by atoms with E-state index < -0.39 is 0 Å². The van der Waals surface area contributed by atoms with Gasteiger partial charge in [0.25, 0.3) is 0 Å². The summed E-state index contributed by atoms with van der Waals surface area (Å²) in [5.41, 5.74) is 5.45. The molecule has 0 aromatic carbocycles. The van der Waals surface area contributed by atoms with E-state index in [1.165, 1.54) is 135 Å². The molecule has 0 radical (unpaired) electrons. The zero-order chi connectivity index (χ0) is 29.5. The summed E-state index contributed by atoms with van der Waals surface area (Å²) in [7, 11) is 0. The maximum Gasteiger partial charge on any atom is 0.239 e. The molecule has 0 unspecified atom stereocenters. The van der Waals surface area contributed by atoms with E-state index in [0.29, 0.717) is 6.42 Å². The molecule has 0 aliphatic rings. The second-order valence-electron chi connectivity index (χ2n) is 12.3. The molecule has 5 heteroatoms. The van der Waals surface area contributed by atoms with Crippen LogP contribution in [0.15, 0.2) is 0 Å². The summed E-state index contributed by atoms with van der Waals surface area (Å²) in [5.74, 6) is -0.148. The molecule has 0 spiro atoms. The van der Waals surface area contributed by atoms with Gasteiger partial charge in [0.15, 0.2) is 0 Å². The third-order valence-electron chi connectivity index (χ3n) is 8.27. The highest BCUT2D eigenvalue weighted by atomic mass is 16.2. The highest BCUT2D eigenvalue weighted by Crippen LogP contribution is 2.14. The monoisotopic (exact) mass is 566 g/mol. The van der Waals surface area contributed by atoms with E-state index in [-0.39, 0.29) is 24.3 Å². The number of rotatable bonds is 32. The molecule has 0 aromatic rings. The summed E-state index contributed by atoms with van der Waals surface area (Å²) in [6, 6.07) is -0.291. The van der Waals surface area contributed by atoms with Crippen molar-refractivity contribution in [2.24, 2.45) is 5.73 Å². The van der Waals surface area contributed by atoms with Crippen molar-refractivity contribution in [2.75, 3.05) is 19.6 Å². The number of hydrogen-bond donors (Lipinski definition) is 2. The fourth-order valence-electron chi connectivity index (χ4n) is 5.56. The zero-order valence-electron chi connectivity index (χ0n) is 27.4. The maximum absolute atomic E-state index is 13.5. The lowest BCUT2D eigenvalue weighted by Gasteiger charge is -2.28. The van der Waals surface area contributed by atoms with Gasteiger partial charge in [0.1, 0.15) is 0 Å². The van der Waals surface area contributed by atoms with E-state index >= 15 is 0 Å². The van der Waals surface area contributed by atoms with Gasteiger partial charge < -0.3 is 16.0 Å². The van der Waals surface area contributed by atoms with Crippen molar-refractivity contribution in [2.45, 2.75) is 194 Å².